The predicted molar refractivity (Wildman–Crippen MR) is 149 cm³/mol. The van der Waals surface area contributed by atoms with Gasteiger partial charge in [-0.25, -0.2) is 4.79 Å². The SMILES string of the molecule is Cc1ncc(Cl)cc1C(=O)N[C@H]1CC[C@H](Cn2c(=O)n(-c3ccc4[nH]nc(C)c4c3)c3ccccc32)CC1. The number of aromatic nitrogens is 5. The van der Waals surface area contributed by atoms with Gasteiger partial charge in [0.05, 0.1) is 44.2 Å². The Morgan fingerprint density at radius 2 is 1.82 bits per heavy atom. The van der Waals surface area contributed by atoms with E-state index in [1.807, 2.05) is 60.9 Å². The topological polar surface area (TPSA) is 97.6 Å². The molecule has 1 saturated carbocycles. The van der Waals surface area contributed by atoms with E-state index in [0.29, 0.717) is 28.7 Å². The van der Waals surface area contributed by atoms with E-state index >= 15 is 0 Å². The molecule has 0 unspecified atom stereocenters. The molecule has 0 atom stereocenters. The third-order valence-corrected chi connectivity index (χ3v) is 7.96. The van der Waals surface area contributed by atoms with Crippen LogP contribution >= 0.6 is 11.6 Å². The first-order valence-electron chi connectivity index (χ1n) is 13.0. The number of halogens is 1. The fourth-order valence-corrected chi connectivity index (χ4v) is 5.81. The van der Waals surface area contributed by atoms with Crippen LogP contribution in [0.3, 0.4) is 0 Å². The number of hydrogen-bond donors (Lipinski definition) is 2. The molecule has 5 aromatic rings. The summed E-state index contributed by atoms with van der Waals surface area (Å²) in [5, 5.41) is 11.9. The fraction of sp³-hybridized carbons (Fsp3) is 0.310. The number of rotatable bonds is 5. The molecular weight excluding hydrogens is 500 g/mol. The molecule has 0 aliphatic heterocycles. The lowest BCUT2D eigenvalue weighted by Gasteiger charge is -2.29. The zero-order valence-electron chi connectivity index (χ0n) is 21.4. The van der Waals surface area contributed by atoms with Crippen LogP contribution in [-0.2, 0) is 6.54 Å². The molecule has 1 fully saturated rings. The van der Waals surface area contributed by atoms with Crippen LogP contribution in [-0.4, -0.2) is 36.3 Å². The van der Waals surface area contributed by atoms with Crippen LogP contribution in [0.5, 0.6) is 0 Å². The highest BCUT2D eigenvalue weighted by Gasteiger charge is 2.26. The number of pyridine rings is 1. The summed E-state index contributed by atoms with van der Waals surface area (Å²) >= 11 is 6.05. The van der Waals surface area contributed by atoms with Crippen LogP contribution in [0.2, 0.25) is 5.02 Å². The highest BCUT2D eigenvalue weighted by Crippen LogP contribution is 2.28. The van der Waals surface area contributed by atoms with Crippen molar-refractivity contribution >= 4 is 39.4 Å². The number of imidazole rings is 1. The second-order valence-corrected chi connectivity index (χ2v) is 10.7. The second-order valence-electron chi connectivity index (χ2n) is 10.2. The van der Waals surface area contributed by atoms with Gasteiger partial charge in [-0.05, 0) is 81.8 Å². The molecule has 3 aromatic heterocycles. The maximum atomic E-state index is 13.8. The Morgan fingerprint density at radius 3 is 2.61 bits per heavy atom. The maximum absolute atomic E-state index is 13.8. The van der Waals surface area contributed by atoms with Gasteiger partial charge in [-0.1, -0.05) is 23.7 Å². The van der Waals surface area contributed by atoms with Crippen molar-refractivity contribution in [3.63, 3.8) is 0 Å². The zero-order chi connectivity index (χ0) is 26.4. The number of aryl methyl sites for hydroxylation is 2. The molecule has 0 spiro atoms. The van der Waals surface area contributed by atoms with Crippen molar-refractivity contribution < 1.29 is 4.79 Å². The summed E-state index contributed by atoms with van der Waals surface area (Å²) in [5.41, 5.74) is 5.66. The number of carbonyl (C=O) groups excluding carboxylic acids is 1. The molecule has 0 saturated heterocycles. The zero-order valence-corrected chi connectivity index (χ0v) is 22.1. The highest BCUT2D eigenvalue weighted by atomic mass is 35.5. The summed E-state index contributed by atoms with van der Waals surface area (Å²) in [6.45, 7) is 4.42. The molecule has 8 nitrogen and oxygen atoms in total. The molecule has 6 rings (SSSR count). The van der Waals surface area contributed by atoms with Gasteiger partial charge in [0.15, 0.2) is 0 Å². The number of H-pyrrole nitrogens is 1. The quantitative estimate of drug-likeness (QED) is 0.322. The van der Waals surface area contributed by atoms with Gasteiger partial charge in [0.2, 0.25) is 0 Å². The molecule has 1 amide bonds. The molecule has 38 heavy (non-hydrogen) atoms. The van der Waals surface area contributed by atoms with Gasteiger partial charge < -0.3 is 5.32 Å². The van der Waals surface area contributed by atoms with Gasteiger partial charge in [-0.2, -0.15) is 5.10 Å². The molecule has 1 aliphatic carbocycles. The number of fused-ring (bicyclic) bond motifs is 2. The Morgan fingerprint density at radius 1 is 1.05 bits per heavy atom. The Labute approximate surface area is 224 Å². The van der Waals surface area contributed by atoms with Gasteiger partial charge in [0.25, 0.3) is 5.91 Å². The maximum Gasteiger partial charge on any atom is 0.333 e. The molecule has 2 aromatic carbocycles. The molecule has 3 heterocycles. The van der Waals surface area contributed by atoms with E-state index in [1.54, 1.807) is 16.8 Å². The molecule has 194 valence electrons. The lowest BCUT2D eigenvalue weighted by molar-refractivity contribution is 0.0919. The number of hydrogen-bond acceptors (Lipinski definition) is 4. The number of carbonyl (C=O) groups is 1. The van der Waals surface area contributed by atoms with Crippen molar-refractivity contribution in [3.05, 3.63) is 87.2 Å². The highest BCUT2D eigenvalue weighted by molar-refractivity contribution is 6.30. The van der Waals surface area contributed by atoms with Crippen LogP contribution in [0.1, 0.15) is 47.4 Å². The van der Waals surface area contributed by atoms with E-state index in [2.05, 4.69) is 20.5 Å². The number of benzene rings is 2. The third-order valence-electron chi connectivity index (χ3n) is 7.75. The van der Waals surface area contributed by atoms with Gasteiger partial charge in [0, 0.05) is 24.2 Å². The Bertz CT molecular complexity index is 1720. The first kappa shape index (κ1) is 24.4. The second kappa shape index (κ2) is 9.76. The number of nitrogens with zero attached hydrogens (tertiary/aromatic N) is 4. The van der Waals surface area contributed by atoms with E-state index in [1.165, 1.54) is 0 Å². The fourth-order valence-electron chi connectivity index (χ4n) is 5.65. The average Bonchev–Trinajstić information content (AvgIpc) is 3.43. The van der Waals surface area contributed by atoms with Crippen molar-refractivity contribution in [1.82, 2.24) is 29.6 Å². The molecular formula is C29H29ClN6O2. The van der Waals surface area contributed by atoms with Gasteiger partial charge in [-0.3, -0.25) is 24.0 Å². The van der Waals surface area contributed by atoms with Crippen LogP contribution in [0, 0.1) is 19.8 Å². The van der Waals surface area contributed by atoms with Crippen LogP contribution in [0.25, 0.3) is 27.6 Å². The monoisotopic (exact) mass is 528 g/mol. The smallest absolute Gasteiger partial charge is 0.333 e. The minimum Gasteiger partial charge on any atom is -0.349 e. The van der Waals surface area contributed by atoms with Gasteiger partial charge >= 0.3 is 5.69 Å². The van der Waals surface area contributed by atoms with E-state index in [-0.39, 0.29) is 17.6 Å². The average molecular weight is 529 g/mol. The molecule has 0 radical (unpaired) electrons. The summed E-state index contributed by atoms with van der Waals surface area (Å²) in [6, 6.07) is 15.7. The number of amides is 1. The largest absolute Gasteiger partial charge is 0.349 e. The van der Waals surface area contributed by atoms with E-state index in [4.69, 9.17) is 11.6 Å². The summed E-state index contributed by atoms with van der Waals surface area (Å²) in [5.74, 6) is 0.221. The number of nitrogens with one attached hydrogen (secondary N) is 2. The van der Waals surface area contributed by atoms with Crippen LogP contribution in [0.4, 0.5) is 0 Å². The standard InChI is InChI=1S/C29H29ClN6O2/c1-17-24(13-20(30)15-31-17)28(37)32-21-9-7-19(8-10-21)16-35-26-5-3-4-6-27(26)36(29(35)38)22-11-12-25-23(14-22)18(2)33-34-25/h3-6,11-15,19,21H,7-10,16H2,1-2H3,(H,32,37)(H,33,34)/t19-,21-. The minimum atomic E-state index is -0.134. The number of para-hydroxylation sites is 2. The normalized spacial score (nSPS) is 17.8. The first-order chi connectivity index (χ1) is 18.4. The molecule has 9 heteroatoms. The Kier molecular flexibility index (Phi) is 6.27. The number of aromatic amines is 1. The van der Waals surface area contributed by atoms with Gasteiger partial charge in [-0.15, -0.1) is 0 Å². The Balaban J connectivity index is 1.21. The van der Waals surface area contributed by atoms with Gasteiger partial charge in [0.1, 0.15) is 0 Å². The molecule has 1 aliphatic rings. The van der Waals surface area contributed by atoms with E-state index in [9.17, 15) is 9.59 Å². The molecule has 2 N–H and O–H groups in total. The lowest BCUT2D eigenvalue weighted by Crippen LogP contribution is -2.39. The predicted octanol–water partition coefficient (Wildman–Crippen LogP) is 5.32. The minimum absolute atomic E-state index is 0.0361. The van der Waals surface area contributed by atoms with Crippen molar-refractivity contribution in [2.75, 3.05) is 0 Å². The van der Waals surface area contributed by atoms with Crippen molar-refractivity contribution in [2.24, 2.45) is 5.92 Å². The summed E-state index contributed by atoms with van der Waals surface area (Å²) in [7, 11) is 0. The Hall–Kier alpha value is -3.91. The van der Waals surface area contributed by atoms with Crippen molar-refractivity contribution in [2.45, 2.75) is 52.1 Å². The third kappa shape index (κ3) is 4.39. The van der Waals surface area contributed by atoms with Crippen molar-refractivity contribution in [3.8, 4) is 5.69 Å². The van der Waals surface area contributed by atoms with E-state index in [0.717, 1.165) is 59.0 Å². The summed E-state index contributed by atoms with van der Waals surface area (Å²) in [4.78, 5) is 30.8. The van der Waals surface area contributed by atoms with Crippen LogP contribution in [0.15, 0.2) is 59.5 Å². The van der Waals surface area contributed by atoms with Crippen molar-refractivity contribution in [1.29, 1.82) is 0 Å². The molecule has 0 bridgehead atoms. The first-order valence-corrected chi connectivity index (χ1v) is 13.3. The lowest BCUT2D eigenvalue weighted by atomic mass is 9.85. The summed E-state index contributed by atoms with van der Waals surface area (Å²) < 4.78 is 3.71. The van der Waals surface area contributed by atoms with E-state index < -0.39 is 0 Å². The van der Waals surface area contributed by atoms with Crippen LogP contribution < -0.4 is 11.0 Å². The summed E-state index contributed by atoms with van der Waals surface area (Å²) in [6.07, 6.45) is 5.16.